The van der Waals surface area contributed by atoms with Crippen LogP contribution in [0.5, 0.6) is 0 Å². The monoisotopic (exact) mass is 206 g/mol. The van der Waals surface area contributed by atoms with Crippen LogP contribution in [0.4, 0.5) is 0 Å². The average molecular weight is 206 g/mol. The summed E-state index contributed by atoms with van der Waals surface area (Å²) >= 11 is 0. The number of hydrogen-bond donors (Lipinski definition) is 1. The number of hydrogen-bond acceptors (Lipinski definition) is 3. The molecule has 3 nitrogen and oxygen atoms in total. The largest absolute Gasteiger partial charge is 0.494 e. The molecule has 1 N–H and O–H groups in total. The minimum atomic E-state index is -1.12. The molecule has 0 aromatic heterocycles. The van der Waals surface area contributed by atoms with E-state index in [1.807, 2.05) is 30.3 Å². The molecule has 0 radical (unpaired) electrons. The highest BCUT2D eigenvalue weighted by atomic mass is 16.6. The molecular weight excluding hydrogens is 192 g/mol. The Hall–Kier alpha value is -1.48. The molecule has 1 aliphatic heterocycles. The summed E-state index contributed by atoms with van der Waals surface area (Å²) in [6.45, 7) is 2.71. The lowest BCUT2D eigenvalue weighted by Crippen LogP contribution is -2.28. The molecule has 1 heterocycles. The lowest BCUT2D eigenvalue weighted by Gasteiger charge is -2.28. The van der Waals surface area contributed by atoms with Crippen molar-refractivity contribution in [3.8, 4) is 0 Å². The van der Waals surface area contributed by atoms with E-state index < -0.39 is 5.60 Å². The molecule has 0 fully saturated rings. The lowest BCUT2D eigenvalue weighted by atomic mass is 9.94. The van der Waals surface area contributed by atoms with Crippen molar-refractivity contribution in [2.75, 3.05) is 13.2 Å². The zero-order chi connectivity index (χ0) is 10.7. The third-order valence-corrected chi connectivity index (χ3v) is 2.46. The summed E-state index contributed by atoms with van der Waals surface area (Å²) in [5.74, 6) is 0.458. The second kappa shape index (κ2) is 3.95. The first-order valence-electron chi connectivity index (χ1n) is 4.94. The number of rotatable bonds is 2. The van der Waals surface area contributed by atoms with E-state index in [0.717, 1.165) is 5.56 Å². The van der Waals surface area contributed by atoms with Crippen LogP contribution in [0, 0.1) is 0 Å². The predicted molar refractivity (Wildman–Crippen MR) is 56.0 cm³/mol. The Morgan fingerprint density at radius 2 is 1.93 bits per heavy atom. The van der Waals surface area contributed by atoms with E-state index >= 15 is 0 Å². The van der Waals surface area contributed by atoms with Crippen molar-refractivity contribution >= 4 is 0 Å². The van der Waals surface area contributed by atoms with Gasteiger partial charge in [-0.3, -0.25) is 0 Å². The van der Waals surface area contributed by atoms with Gasteiger partial charge in [-0.1, -0.05) is 30.3 Å². The Morgan fingerprint density at radius 1 is 1.20 bits per heavy atom. The van der Waals surface area contributed by atoms with Crippen LogP contribution >= 0.6 is 0 Å². The van der Waals surface area contributed by atoms with Gasteiger partial charge in [-0.25, -0.2) is 0 Å². The second-order valence-electron chi connectivity index (χ2n) is 3.64. The molecule has 1 aromatic carbocycles. The van der Waals surface area contributed by atoms with Crippen LogP contribution in [0.25, 0.3) is 0 Å². The Bertz CT molecular complexity index is 354. The van der Waals surface area contributed by atoms with Crippen LogP contribution in [0.2, 0.25) is 0 Å². The van der Waals surface area contributed by atoms with Crippen molar-refractivity contribution in [1.82, 2.24) is 0 Å². The van der Waals surface area contributed by atoms with Gasteiger partial charge in [0, 0.05) is 0 Å². The van der Waals surface area contributed by atoms with Crippen molar-refractivity contribution in [2.24, 2.45) is 0 Å². The van der Waals surface area contributed by atoms with E-state index in [4.69, 9.17) is 9.47 Å². The summed E-state index contributed by atoms with van der Waals surface area (Å²) in [6.07, 6.45) is 1.48. The van der Waals surface area contributed by atoms with Crippen LogP contribution < -0.4 is 0 Å². The van der Waals surface area contributed by atoms with Crippen LogP contribution in [-0.2, 0) is 15.1 Å². The van der Waals surface area contributed by atoms with Crippen LogP contribution in [0.1, 0.15) is 12.5 Å². The summed E-state index contributed by atoms with van der Waals surface area (Å²) in [7, 11) is 0. The van der Waals surface area contributed by atoms with Gasteiger partial charge in [-0.15, -0.1) is 0 Å². The third kappa shape index (κ3) is 1.97. The average Bonchev–Trinajstić information content (AvgIpc) is 2.31. The van der Waals surface area contributed by atoms with Crippen molar-refractivity contribution in [3.05, 3.63) is 47.9 Å². The molecule has 0 bridgehead atoms. The summed E-state index contributed by atoms with van der Waals surface area (Å²) in [5, 5.41) is 10.3. The molecule has 80 valence electrons. The van der Waals surface area contributed by atoms with Crippen LogP contribution in [0.15, 0.2) is 42.4 Å². The van der Waals surface area contributed by atoms with Gasteiger partial charge in [-0.2, -0.15) is 0 Å². The molecule has 0 spiro atoms. The van der Waals surface area contributed by atoms with E-state index in [2.05, 4.69) is 0 Å². The van der Waals surface area contributed by atoms with Crippen LogP contribution in [0.3, 0.4) is 0 Å². The fourth-order valence-corrected chi connectivity index (χ4v) is 1.53. The molecule has 0 saturated carbocycles. The first kappa shape index (κ1) is 10.1. The van der Waals surface area contributed by atoms with E-state index in [0.29, 0.717) is 19.0 Å². The smallest absolute Gasteiger partial charge is 0.166 e. The van der Waals surface area contributed by atoms with Gasteiger partial charge in [0.15, 0.2) is 5.76 Å². The molecule has 0 amide bonds. The molecule has 0 aliphatic carbocycles. The Balaban J connectivity index is 2.30. The molecule has 0 saturated heterocycles. The number of ether oxygens (including phenoxy) is 2. The lowest BCUT2D eigenvalue weighted by molar-refractivity contribution is -0.0161. The summed E-state index contributed by atoms with van der Waals surface area (Å²) in [6, 6.07) is 9.39. The van der Waals surface area contributed by atoms with Crippen molar-refractivity contribution in [2.45, 2.75) is 12.5 Å². The third-order valence-electron chi connectivity index (χ3n) is 2.46. The van der Waals surface area contributed by atoms with Gasteiger partial charge >= 0.3 is 0 Å². The van der Waals surface area contributed by atoms with E-state index in [9.17, 15) is 5.11 Å². The Kier molecular flexibility index (Phi) is 2.64. The minimum Gasteiger partial charge on any atom is -0.494 e. The maximum absolute atomic E-state index is 10.3. The number of benzene rings is 1. The van der Waals surface area contributed by atoms with E-state index in [1.54, 1.807) is 6.92 Å². The zero-order valence-corrected chi connectivity index (χ0v) is 8.64. The maximum atomic E-state index is 10.3. The summed E-state index contributed by atoms with van der Waals surface area (Å²) < 4.78 is 10.5. The first-order valence-corrected chi connectivity index (χ1v) is 4.94. The zero-order valence-electron chi connectivity index (χ0n) is 8.64. The van der Waals surface area contributed by atoms with Gasteiger partial charge in [0.2, 0.25) is 0 Å². The molecule has 1 aromatic rings. The van der Waals surface area contributed by atoms with Gasteiger partial charge in [0.1, 0.15) is 25.1 Å². The molecule has 3 heteroatoms. The van der Waals surface area contributed by atoms with Gasteiger partial charge in [0.05, 0.1) is 0 Å². The Labute approximate surface area is 88.9 Å². The SMILES string of the molecule is CC(O)(C1=COCCO1)c1ccccc1. The summed E-state index contributed by atoms with van der Waals surface area (Å²) in [5.41, 5.74) is -0.330. The van der Waals surface area contributed by atoms with Crippen LogP contribution in [-0.4, -0.2) is 18.3 Å². The molecule has 1 atom stereocenters. The highest BCUT2D eigenvalue weighted by molar-refractivity contribution is 5.28. The maximum Gasteiger partial charge on any atom is 0.166 e. The summed E-state index contributed by atoms with van der Waals surface area (Å²) in [4.78, 5) is 0. The molecule has 1 unspecified atom stereocenters. The predicted octanol–water partition coefficient (Wildman–Crippen LogP) is 1.78. The molecule has 2 rings (SSSR count). The van der Waals surface area contributed by atoms with E-state index in [-0.39, 0.29) is 0 Å². The quantitative estimate of drug-likeness (QED) is 0.801. The molecule has 15 heavy (non-hydrogen) atoms. The van der Waals surface area contributed by atoms with Crippen molar-refractivity contribution in [3.63, 3.8) is 0 Å². The fourth-order valence-electron chi connectivity index (χ4n) is 1.53. The Morgan fingerprint density at radius 3 is 2.53 bits per heavy atom. The molecule has 1 aliphatic rings. The van der Waals surface area contributed by atoms with Gasteiger partial charge < -0.3 is 14.6 Å². The topological polar surface area (TPSA) is 38.7 Å². The highest BCUT2D eigenvalue weighted by Crippen LogP contribution is 2.30. The second-order valence-corrected chi connectivity index (χ2v) is 3.64. The van der Waals surface area contributed by atoms with Crippen molar-refractivity contribution in [1.29, 1.82) is 0 Å². The normalized spacial score (nSPS) is 19.5. The first-order chi connectivity index (χ1) is 7.21. The van der Waals surface area contributed by atoms with Crippen molar-refractivity contribution < 1.29 is 14.6 Å². The van der Waals surface area contributed by atoms with E-state index in [1.165, 1.54) is 6.26 Å². The number of aliphatic hydroxyl groups is 1. The van der Waals surface area contributed by atoms with Gasteiger partial charge in [-0.05, 0) is 12.5 Å². The minimum absolute atomic E-state index is 0.458. The standard InChI is InChI=1S/C12H14O3/c1-12(13,10-5-3-2-4-6-10)11-9-14-7-8-15-11/h2-6,9,13H,7-8H2,1H3. The van der Waals surface area contributed by atoms with Gasteiger partial charge in [0.25, 0.3) is 0 Å². The fraction of sp³-hybridized carbons (Fsp3) is 0.333. The molecular formula is C12H14O3. The highest BCUT2D eigenvalue weighted by Gasteiger charge is 2.31.